The van der Waals surface area contributed by atoms with Gasteiger partial charge in [-0.3, -0.25) is 0 Å². The molecular formula is C22H18Cl2F2O5S2. The summed E-state index contributed by atoms with van der Waals surface area (Å²) in [4.78, 5) is 25.0. The fourth-order valence-corrected chi connectivity index (χ4v) is 6.19. The number of esters is 2. The zero-order valence-electron chi connectivity index (χ0n) is 17.2. The molecule has 0 fully saturated rings. The monoisotopic (exact) mass is 534 g/mol. The second kappa shape index (κ2) is 11.0. The van der Waals surface area contributed by atoms with Gasteiger partial charge in [0.25, 0.3) is 5.60 Å². The number of carbonyl (C=O) groups is 2. The first-order chi connectivity index (χ1) is 15.7. The minimum Gasteiger partial charge on any atom is -0.501 e. The van der Waals surface area contributed by atoms with Crippen LogP contribution in [0.1, 0.15) is 18.1 Å². The summed E-state index contributed by atoms with van der Waals surface area (Å²) in [6, 6.07) is 8.41. The molecule has 0 saturated carbocycles. The number of thioether (sulfide) groups is 2. The highest BCUT2D eigenvalue weighted by molar-refractivity contribution is 8.02. The molecule has 1 aliphatic heterocycles. The van der Waals surface area contributed by atoms with Crippen LogP contribution >= 0.6 is 46.7 Å². The smallest absolute Gasteiger partial charge is 0.375 e. The molecule has 1 atom stereocenters. The van der Waals surface area contributed by atoms with Gasteiger partial charge < -0.3 is 14.6 Å². The predicted octanol–water partition coefficient (Wildman–Crippen LogP) is 6.07. The van der Waals surface area contributed by atoms with Gasteiger partial charge in [-0.25, -0.2) is 18.4 Å². The summed E-state index contributed by atoms with van der Waals surface area (Å²) >= 11 is 14.0. The van der Waals surface area contributed by atoms with Crippen LogP contribution in [-0.4, -0.2) is 35.0 Å². The molecule has 3 rings (SSSR count). The minimum atomic E-state index is -1.98. The van der Waals surface area contributed by atoms with E-state index in [-0.39, 0.29) is 49.9 Å². The van der Waals surface area contributed by atoms with Gasteiger partial charge in [-0.2, -0.15) is 11.8 Å². The molecule has 0 aromatic heterocycles. The van der Waals surface area contributed by atoms with Gasteiger partial charge in [0, 0.05) is 38.4 Å². The molecule has 11 heteroatoms. The first-order valence-electron chi connectivity index (χ1n) is 9.61. The Balaban J connectivity index is 1.89. The van der Waals surface area contributed by atoms with Gasteiger partial charge in [-0.15, -0.1) is 11.8 Å². The number of benzene rings is 2. The van der Waals surface area contributed by atoms with Crippen LogP contribution in [0.5, 0.6) is 0 Å². The van der Waals surface area contributed by atoms with Crippen LogP contribution in [0.25, 0.3) is 0 Å². The fraction of sp³-hybridized carbons (Fsp3) is 0.273. The van der Waals surface area contributed by atoms with Crippen molar-refractivity contribution in [2.45, 2.75) is 24.0 Å². The number of hydrogen-bond acceptors (Lipinski definition) is 7. The van der Waals surface area contributed by atoms with Gasteiger partial charge >= 0.3 is 11.9 Å². The van der Waals surface area contributed by atoms with E-state index in [0.29, 0.717) is 0 Å². The zero-order chi connectivity index (χ0) is 24.2. The first-order valence-corrected chi connectivity index (χ1v) is 12.5. The van der Waals surface area contributed by atoms with E-state index in [2.05, 4.69) is 0 Å². The van der Waals surface area contributed by atoms with Gasteiger partial charge in [0.15, 0.2) is 0 Å². The Labute approximate surface area is 207 Å². The molecule has 0 amide bonds. The maximum atomic E-state index is 14.2. The van der Waals surface area contributed by atoms with E-state index in [9.17, 15) is 23.5 Å². The van der Waals surface area contributed by atoms with Crippen molar-refractivity contribution in [3.63, 3.8) is 0 Å². The number of aliphatic hydroxyl groups excluding tert-OH is 1. The van der Waals surface area contributed by atoms with E-state index in [4.69, 9.17) is 32.7 Å². The topological polar surface area (TPSA) is 72.8 Å². The van der Waals surface area contributed by atoms with Crippen LogP contribution in [0.3, 0.4) is 0 Å². The molecule has 1 unspecified atom stereocenters. The summed E-state index contributed by atoms with van der Waals surface area (Å²) < 4.78 is 38.8. The Bertz CT molecular complexity index is 1070. The van der Waals surface area contributed by atoms with Crippen molar-refractivity contribution in [1.82, 2.24) is 0 Å². The molecular weight excluding hydrogens is 517 g/mol. The van der Waals surface area contributed by atoms with Gasteiger partial charge in [-0.05, 0) is 31.2 Å². The predicted molar refractivity (Wildman–Crippen MR) is 125 cm³/mol. The van der Waals surface area contributed by atoms with Crippen molar-refractivity contribution in [1.29, 1.82) is 0 Å². The highest BCUT2D eigenvalue weighted by Gasteiger charge is 2.55. The number of aliphatic hydroxyl groups is 1. The lowest BCUT2D eigenvalue weighted by Crippen LogP contribution is -2.44. The molecule has 0 bridgehead atoms. The second-order valence-electron chi connectivity index (χ2n) is 6.80. The highest BCUT2D eigenvalue weighted by Crippen LogP contribution is 2.45. The number of cyclic esters (lactones) is 1. The van der Waals surface area contributed by atoms with Crippen LogP contribution in [0.15, 0.2) is 47.1 Å². The quantitative estimate of drug-likeness (QED) is 0.391. The largest absolute Gasteiger partial charge is 0.501 e. The summed E-state index contributed by atoms with van der Waals surface area (Å²) in [5, 5.41) is 10.7. The van der Waals surface area contributed by atoms with Gasteiger partial charge in [-0.1, -0.05) is 35.3 Å². The lowest BCUT2D eigenvalue weighted by Gasteiger charge is -2.27. The van der Waals surface area contributed by atoms with Crippen molar-refractivity contribution >= 4 is 58.7 Å². The molecule has 0 saturated heterocycles. The number of carbonyl (C=O) groups excluding carboxylic acids is 2. The van der Waals surface area contributed by atoms with Crippen molar-refractivity contribution in [3.8, 4) is 0 Å². The molecule has 5 nitrogen and oxygen atoms in total. The van der Waals surface area contributed by atoms with Crippen LogP contribution in [0.2, 0.25) is 10.0 Å². The molecule has 1 heterocycles. The van der Waals surface area contributed by atoms with Crippen LogP contribution in [0, 0.1) is 11.6 Å². The molecule has 1 aliphatic rings. The fourth-order valence-electron chi connectivity index (χ4n) is 3.04. The van der Waals surface area contributed by atoms with E-state index in [1.54, 1.807) is 6.92 Å². The molecule has 176 valence electrons. The molecule has 0 aliphatic carbocycles. The normalized spacial score (nSPS) is 17.9. The van der Waals surface area contributed by atoms with Crippen molar-refractivity contribution in [2.24, 2.45) is 0 Å². The van der Waals surface area contributed by atoms with Gasteiger partial charge in [0.1, 0.15) is 11.6 Å². The third-order valence-corrected chi connectivity index (χ3v) is 7.74. The van der Waals surface area contributed by atoms with E-state index in [1.807, 2.05) is 0 Å². The Morgan fingerprint density at radius 1 is 1.09 bits per heavy atom. The van der Waals surface area contributed by atoms with Crippen LogP contribution in [-0.2, 0) is 30.6 Å². The third kappa shape index (κ3) is 5.42. The number of hydrogen-bond donors (Lipinski definition) is 1. The minimum absolute atomic E-state index is 0.0141. The molecule has 0 spiro atoms. The maximum absolute atomic E-state index is 14.2. The first kappa shape index (κ1) is 25.7. The third-order valence-electron chi connectivity index (χ3n) is 4.68. The number of halogens is 4. The molecule has 1 N–H and O–H groups in total. The Morgan fingerprint density at radius 2 is 1.67 bits per heavy atom. The molecule has 2 aromatic rings. The lowest BCUT2D eigenvalue weighted by atomic mass is 10.1. The summed E-state index contributed by atoms with van der Waals surface area (Å²) in [6.45, 7) is 1.56. The summed E-state index contributed by atoms with van der Waals surface area (Å²) in [5.74, 6) is -4.12. The van der Waals surface area contributed by atoms with Crippen molar-refractivity contribution < 1.29 is 33.0 Å². The lowest BCUT2D eigenvalue weighted by molar-refractivity contribution is -0.169. The number of rotatable bonds is 9. The van der Waals surface area contributed by atoms with E-state index in [0.717, 1.165) is 23.5 Å². The van der Waals surface area contributed by atoms with E-state index < -0.39 is 34.9 Å². The molecule has 33 heavy (non-hydrogen) atoms. The number of ether oxygens (including phenoxy) is 2. The molecule has 2 aromatic carbocycles. The van der Waals surface area contributed by atoms with Crippen molar-refractivity contribution in [2.75, 3.05) is 12.4 Å². The van der Waals surface area contributed by atoms with Gasteiger partial charge in [0.2, 0.25) is 5.76 Å². The van der Waals surface area contributed by atoms with Crippen LogP contribution < -0.4 is 0 Å². The van der Waals surface area contributed by atoms with Crippen LogP contribution in [0.4, 0.5) is 8.78 Å². The average Bonchev–Trinajstić information content (AvgIpc) is 3.01. The van der Waals surface area contributed by atoms with E-state index in [1.165, 1.54) is 36.4 Å². The highest BCUT2D eigenvalue weighted by atomic mass is 35.5. The van der Waals surface area contributed by atoms with E-state index >= 15 is 0 Å². The molecule has 0 radical (unpaired) electrons. The maximum Gasteiger partial charge on any atom is 0.375 e. The Kier molecular flexibility index (Phi) is 8.55. The summed E-state index contributed by atoms with van der Waals surface area (Å²) in [6.07, 6.45) is 0. The zero-order valence-corrected chi connectivity index (χ0v) is 20.3. The Hall–Kier alpha value is -1.94. The summed E-state index contributed by atoms with van der Waals surface area (Å²) in [7, 11) is 0. The Morgan fingerprint density at radius 3 is 2.21 bits per heavy atom. The van der Waals surface area contributed by atoms with Gasteiger partial charge in [0.05, 0.1) is 11.5 Å². The second-order valence-corrected chi connectivity index (χ2v) is 9.58. The van der Waals surface area contributed by atoms with Crippen molar-refractivity contribution in [3.05, 3.63) is 79.9 Å². The standard InChI is InChI=1S/C22H18Cl2F2O5S2/c1-2-30-21(29)22(11-32-9-12-14(23)5-3-7-16(12)25)19(18(27)20(28)31-22)33-10-13-15(24)6-4-8-17(13)26/h3-8,27H,2,9-11H2,1H3. The summed E-state index contributed by atoms with van der Waals surface area (Å²) in [5.41, 5.74) is -1.64. The average molecular weight is 535 g/mol. The SMILES string of the molecule is CCOC(=O)C1(CSCc2c(F)cccc2Cl)OC(=O)C(O)=C1SCc1c(F)cccc1Cl.